The average molecular weight is 444 g/mol. The number of fused-ring (bicyclic) bond motifs is 6. The quantitative estimate of drug-likeness (QED) is 0.292. The Bertz CT molecular complexity index is 1100. The van der Waals surface area contributed by atoms with E-state index in [1.54, 1.807) is 0 Å². The minimum Gasteiger partial charge on any atom is -0.386 e. The molecule has 1 aliphatic heterocycles. The molecule has 1 aliphatic rings. The first kappa shape index (κ1) is 21.3. The number of hydrogen-bond acceptors (Lipinski definition) is 9. The Kier molecular flexibility index (Phi) is 5.60. The predicted molar refractivity (Wildman–Crippen MR) is 109 cm³/mol. The first-order valence-corrected chi connectivity index (χ1v) is 9.41. The molecule has 3 aromatic rings. The second-order valence-corrected chi connectivity index (χ2v) is 6.77. The summed E-state index contributed by atoms with van der Waals surface area (Å²) in [6.45, 7) is 0. The molecule has 6 bridgehead atoms. The van der Waals surface area contributed by atoms with Gasteiger partial charge in [-0.15, -0.1) is 0 Å². The summed E-state index contributed by atoms with van der Waals surface area (Å²) >= 11 is 0. The molecule has 162 valence electrons. The van der Waals surface area contributed by atoms with Crippen molar-refractivity contribution in [1.82, 2.24) is 0 Å². The lowest BCUT2D eigenvalue weighted by molar-refractivity contribution is 0.0386. The van der Waals surface area contributed by atoms with Crippen molar-refractivity contribution in [2.24, 2.45) is 0 Å². The van der Waals surface area contributed by atoms with Gasteiger partial charge in [0.25, 0.3) is 0 Å². The average Bonchev–Trinajstić information content (AvgIpc) is 2.83. The van der Waals surface area contributed by atoms with Crippen LogP contribution in [0.25, 0.3) is 0 Å². The maximum absolute atomic E-state index is 12.4. The van der Waals surface area contributed by atoms with Gasteiger partial charge in [0.15, 0.2) is 0 Å². The first-order chi connectivity index (χ1) is 15.8. The molecule has 0 radical (unpaired) electrons. The number of esters is 6. The van der Waals surface area contributed by atoms with E-state index in [-0.39, 0.29) is 33.4 Å². The van der Waals surface area contributed by atoms with Crippen LogP contribution in [-0.4, -0.2) is 35.8 Å². The fraction of sp³-hybridized carbons (Fsp3) is 0. The Morgan fingerprint density at radius 1 is 0.333 bits per heavy atom. The topological polar surface area (TPSA) is 130 Å². The summed E-state index contributed by atoms with van der Waals surface area (Å²) < 4.78 is 14.4. The molecule has 0 saturated carbocycles. The lowest BCUT2D eigenvalue weighted by Gasteiger charge is -2.09. The fourth-order valence-corrected chi connectivity index (χ4v) is 2.93. The standard InChI is InChI=1S/C24H12O9/c25-19-13-4-1-5-14(10-13)20(26)32-22(28)16-7-3-9-18(12-16)24(30)33-23(29)17-8-2-6-15(11-17)21(27)31-19/h1-12H. The predicted octanol–water partition coefficient (Wildman–Crippen LogP) is 2.99. The molecular weight excluding hydrogens is 432 g/mol. The number of ether oxygens (including phenoxy) is 3. The van der Waals surface area contributed by atoms with Crippen LogP contribution in [0.2, 0.25) is 0 Å². The van der Waals surface area contributed by atoms with E-state index in [1.807, 2.05) is 0 Å². The van der Waals surface area contributed by atoms with Gasteiger partial charge in [-0.2, -0.15) is 0 Å². The molecule has 0 amide bonds. The molecule has 0 N–H and O–H groups in total. The third-order valence-electron chi connectivity index (χ3n) is 4.56. The summed E-state index contributed by atoms with van der Waals surface area (Å²) in [5, 5.41) is 0. The maximum Gasteiger partial charge on any atom is 0.346 e. The highest BCUT2D eigenvalue weighted by Crippen LogP contribution is 2.15. The van der Waals surface area contributed by atoms with E-state index in [2.05, 4.69) is 0 Å². The van der Waals surface area contributed by atoms with Crippen molar-refractivity contribution in [3.63, 3.8) is 0 Å². The van der Waals surface area contributed by atoms with Gasteiger partial charge in [0.05, 0.1) is 33.4 Å². The molecule has 9 heteroatoms. The summed E-state index contributed by atoms with van der Waals surface area (Å²) in [5.41, 5.74) is -0.864. The third-order valence-corrected chi connectivity index (χ3v) is 4.56. The Labute approximate surface area is 185 Å². The van der Waals surface area contributed by atoms with Crippen LogP contribution in [-0.2, 0) is 14.2 Å². The van der Waals surface area contributed by atoms with Crippen molar-refractivity contribution >= 4 is 35.8 Å². The van der Waals surface area contributed by atoms with E-state index in [1.165, 1.54) is 54.6 Å². The van der Waals surface area contributed by atoms with Gasteiger partial charge in [0, 0.05) is 0 Å². The normalized spacial score (nSPS) is 14.5. The SMILES string of the molecule is O=C1OC(=O)c2cccc(c2)C(=O)OC(=O)c2cccc(c2)C(=O)OC(=O)c2cccc1c2. The zero-order valence-corrected chi connectivity index (χ0v) is 16.6. The van der Waals surface area contributed by atoms with E-state index < -0.39 is 35.8 Å². The van der Waals surface area contributed by atoms with Crippen molar-refractivity contribution in [2.45, 2.75) is 0 Å². The van der Waals surface area contributed by atoms with E-state index in [0.29, 0.717) is 0 Å². The van der Waals surface area contributed by atoms with Gasteiger partial charge in [-0.3, -0.25) is 0 Å². The van der Waals surface area contributed by atoms with E-state index in [4.69, 9.17) is 14.2 Å². The van der Waals surface area contributed by atoms with Crippen LogP contribution < -0.4 is 0 Å². The number of benzene rings is 3. The molecule has 0 fully saturated rings. The second-order valence-electron chi connectivity index (χ2n) is 6.77. The third kappa shape index (κ3) is 4.57. The summed E-state index contributed by atoms with van der Waals surface area (Å²) in [5.74, 6) is -6.43. The molecule has 0 spiro atoms. The largest absolute Gasteiger partial charge is 0.386 e. The molecule has 4 rings (SSSR count). The molecule has 0 aromatic heterocycles. The Hall–Kier alpha value is -4.92. The summed E-state index contributed by atoms with van der Waals surface area (Å²) in [7, 11) is 0. The van der Waals surface area contributed by atoms with Gasteiger partial charge >= 0.3 is 35.8 Å². The highest BCUT2D eigenvalue weighted by atomic mass is 16.6. The molecule has 0 saturated heterocycles. The Morgan fingerprint density at radius 2 is 0.515 bits per heavy atom. The lowest BCUT2D eigenvalue weighted by Crippen LogP contribution is -2.18. The molecule has 1 heterocycles. The fourth-order valence-electron chi connectivity index (χ4n) is 2.93. The zero-order valence-electron chi connectivity index (χ0n) is 16.6. The number of hydrogen-bond donors (Lipinski definition) is 0. The first-order valence-electron chi connectivity index (χ1n) is 9.41. The summed E-state index contributed by atoms with van der Waals surface area (Å²) in [4.78, 5) is 74.2. The number of carbonyl (C=O) groups is 6. The molecule has 9 nitrogen and oxygen atoms in total. The Morgan fingerprint density at radius 3 is 0.697 bits per heavy atom. The summed E-state index contributed by atoms with van der Waals surface area (Å²) in [6, 6.07) is 15.1. The van der Waals surface area contributed by atoms with E-state index in [9.17, 15) is 28.8 Å². The maximum atomic E-state index is 12.4. The van der Waals surface area contributed by atoms with Crippen LogP contribution >= 0.6 is 0 Å². The van der Waals surface area contributed by atoms with Gasteiger partial charge in [-0.05, 0) is 54.6 Å². The highest BCUT2D eigenvalue weighted by molar-refractivity contribution is 6.08. The molecule has 0 unspecified atom stereocenters. The second kappa shape index (κ2) is 8.67. The van der Waals surface area contributed by atoms with Crippen LogP contribution in [0, 0.1) is 0 Å². The number of cyclic esters (lactones) is 6. The van der Waals surface area contributed by atoms with Crippen LogP contribution in [0.4, 0.5) is 0 Å². The van der Waals surface area contributed by atoms with Gasteiger partial charge in [0.1, 0.15) is 0 Å². The number of carbonyl (C=O) groups excluding carboxylic acids is 6. The number of rotatable bonds is 0. The molecule has 0 atom stereocenters. The molecular formula is C24H12O9. The van der Waals surface area contributed by atoms with Crippen molar-refractivity contribution in [1.29, 1.82) is 0 Å². The molecule has 33 heavy (non-hydrogen) atoms. The van der Waals surface area contributed by atoms with Gasteiger partial charge in [-0.1, -0.05) is 18.2 Å². The Balaban J connectivity index is 1.78. The van der Waals surface area contributed by atoms with Crippen molar-refractivity contribution in [3.8, 4) is 0 Å². The van der Waals surface area contributed by atoms with E-state index >= 15 is 0 Å². The van der Waals surface area contributed by atoms with Gasteiger partial charge < -0.3 is 14.2 Å². The molecule has 3 aromatic carbocycles. The molecule has 0 aliphatic carbocycles. The van der Waals surface area contributed by atoms with Gasteiger partial charge in [-0.25, -0.2) is 28.8 Å². The van der Waals surface area contributed by atoms with Crippen molar-refractivity contribution in [2.75, 3.05) is 0 Å². The van der Waals surface area contributed by atoms with Crippen LogP contribution in [0.15, 0.2) is 72.8 Å². The van der Waals surface area contributed by atoms with Crippen LogP contribution in [0.3, 0.4) is 0 Å². The van der Waals surface area contributed by atoms with Crippen LogP contribution in [0.5, 0.6) is 0 Å². The monoisotopic (exact) mass is 444 g/mol. The minimum absolute atomic E-state index is 0.144. The van der Waals surface area contributed by atoms with Crippen molar-refractivity contribution < 1.29 is 43.0 Å². The lowest BCUT2D eigenvalue weighted by atomic mass is 10.1. The summed E-state index contributed by atoms with van der Waals surface area (Å²) in [6.07, 6.45) is 0. The van der Waals surface area contributed by atoms with Crippen LogP contribution in [0.1, 0.15) is 62.1 Å². The van der Waals surface area contributed by atoms with Crippen molar-refractivity contribution in [3.05, 3.63) is 106 Å². The smallest absolute Gasteiger partial charge is 0.346 e. The highest BCUT2D eigenvalue weighted by Gasteiger charge is 2.22. The minimum atomic E-state index is -1.07. The zero-order chi connectivity index (χ0) is 23.5. The van der Waals surface area contributed by atoms with Gasteiger partial charge in [0.2, 0.25) is 0 Å². The van der Waals surface area contributed by atoms with E-state index in [0.717, 1.165) is 18.2 Å².